The molecule has 0 aliphatic carbocycles. The first-order chi connectivity index (χ1) is 15.2. The van der Waals surface area contributed by atoms with Crippen LogP contribution in [-0.2, 0) is 6.42 Å². The van der Waals surface area contributed by atoms with E-state index in [0.29, 0.717) is 0 Å². The second kappa shape index (κ2) is 16.0. The minimum atomic E-state index is 0.757. The molecule has 0 amide bonds. The molecule has 0 spiro atoms. The average molecular weight is 444 g/mol. The molecule has 2 nitrogen and oxygen atoms in total. The standard InChI is InChI=1S/C28H42ClNO/c1-3-4-5-6-7-8-9-10-11-12-13-14-15-16-24-23-27(31-2)21-22-28(24)30-26-19-17-25(29)18-20-26/h17-23,30H,3-16H2,1-2H3. The normalized spacial score (nSPS) is 10.9. The van der Waals surface area contributed by atoms with Crippen LogP contribution in [0.1, 0.15) is 96.0 Å². The van der Waals surface area contributed by atoms with Gasteiger partial charge in [-0.3, -0.25) is 0 Å². The molecule has 0 aromatic heterocycles. The lowest BCUT2D eigenvalue weighted by Crippen LogP contribution is -1.98. The zero-order valence-electron chi connectivity index (χ0n) is 19.7. The van der Waals surface area contributed by atoms with Crippen molar-refractivity contribution < 1.29 is 4.74 Å². The maximum Gasteiger partial charge on any atom is 0.119 e. The topological polar surface area (TPSA) is 21.3 Å². The molecule has 0 bridgehead atoms. The van der Waals surface area contributed by atoms with Gasteiger partial charge in [0.2, 0.25) is 0 Å². The van der Waals surface area contributed by atoms with Crippen LogP contribution in [0.3, 0.4) is 0 Å². The summed E-state index contributed by atoms with van der Waals surface area (Å²) >= 11 is 6.01. The molecule has 0 saturated heterocycles. The largest absolute Gasteiger partial charge is 0.497 e. The van der Waals surface area contributed by atoms with Gasteiger partial charge in [-0.05, 0) is 60.9 Å². The summed E-state index contributed by atoms with van der Waals surface area (Å²) in [4.78, 5) is 0. The number of hydrogen-bond acceptors (Lipinski definition) is 2. The molecule has 0 fully saturated rings. The third-order valence-corrected chi connectivity index (χ3v) is 6.24. The molecule has 1 N–H and O–H groups in total. The van der Waals surface area contributed by atoms with Crippen LogP contribution in [0.25, 0.3) is 0 Å². The zero-order valence-corrected chi connectivity index (χ0v) is 20.5. The number of ether oxygens (including phenoxy) is 1. The van der Waals surface area contributed by atoms with Gasteiger partial charge in [-0.15, -0.1) is 0 Å². The number of benzene rings is 2. The van der Waals surface area contributed by atoms with E-state index < -0.39 is 0 Å². The van der Waals surface area contributed by atoms with E-state index in [1.54, 1.807) is 7.11 Å². The van der Waals surface area contributed by atoms with Crippen molar-refractivity contribution in [3.8, 4) is 5.75 Å². The lowest BCUT2D eigenvalue weighted by molar-refractivity contribution is 0.414. The summed E-state index contributed by atoms with van der Waals surface area (Å²) in [6.07, 6.45) is 19.1. The number of anilines is 2. The smallest absolute Gasteiger partial charge is 0.119 e. The van der Waals surface area contributed by atoms with E-state index in [-0.39, 0.29) is 0 Å². The Balaban J connectivity index is 1.64. The Labute approximate surface area is 195 Å². The van der Waals surface area contributed by atoms with Gasteiger partial charge in [0.25, 0.3) is 0 Å². The predicted molar refractivity (Wildman–Crippen MR) is 137 cm³/mol. The van der Waals surface area contributed by atoms with Gasteiger partial charge in [0.15, 0.2) is 0 Å². The zero-order chi connectivity index (χ0) is 22.2. The van der Waals surface area contributed by atoms with Gasteiger partial charge in [-0.2, -0.15) is 0 Å². The molecule has 2 rings (SSSR count). The highest BCUT2D eigenvalue weighted by Gasteiger charge is 2.06. The van der Waals surface area contributed by atoms with Crippen molar-refractivity contribution in [1.82, 2.24) is 0 Å². The van der Waals surface area contributed by atoms with Crippen molar-refractivity contribution in [3.63, 3.8) is 0 Å². The number of nitrogens with one attached hydrogen (secondary N) is 1. The number of halogens is 1. The fourth-order valence-electron chi connectivity index (χ4n) is 4.05. The molecule has 0 aliphatic heterocycles. The van der Waals surface area contributed by atoms with Crippen LogP contribution < -0.4 is 10.1 Å². The summed E-state index contributed by atoms with van der Waals surface area (Å²) in [6.45, 7) is 2.29. The lowest BCUT2D eigenvalue weighted by atomic mass is 10.0. The van der Waals surface area contributed by atoms with Crippen LogP contribution in [-0.4, -0.2) is 7.11 Å². The molecule has 0 radical (unpaired) electrons. The van der Waals surface area contributed by atoms with Crippen molar-refractivity contribution >= 4 is 23.0 Å². The van der Waals surface area contributed by atoms with Gasteiger partial charge >= 0.3 is 0 Å². The van der Waals surface area contributed by atoms with Crippen LogP contribution in [0, 0.1) is 0 Å². The molecule has 0 unspecified atom stereocenters. The summed E-state index contributed by atoms with van der Waals surface area (Å²) in [7, 11) is 1.73. The van der Waals surface area contributed by atoms with Crippen molar-refractivity contribution in [2.24, 2.45) is 0 Å². The highest BCUT2D eigenvalue weighted by Crippen LogP contribution is 2.27. The van der Waals surface area contributed by atoms with Crippen molar-refractivity contribution in [1.29, 1.82) is 0 Å². The first kappa shape index (κ1) is 25.6. The minimum absolute atomic E-state index is 0.757. The first-order valence-electron chi connectivity index (χ1n) is 12.4. The summed E-state index contributed by atoms with van der Waals surface area (Å²) in [5.41, 5.74) is 3.53. The quantitative estimate of drug-likeness (QED) is 0.245. The molecule has 3 heteroatoms. The highest BCUT2D eigenvalue weighted by molar-refractivity contribution is 6.30. The number of rotatable bonds is 17. The van der Waals surface area contributed by atoms with E-state index in [1.165, 1.54) is 89.0 Å². The Hall–Kier alpha value is -1.67. The Kier molecular flexibility index (Phi) is 13.2. The van der Waals surface area contributed by atoms with E-state index in [1.807, 2.05) is 30.3 Å². The molecule has 0 aliphatic rings. The Bertz CT molecular complexity index is 713. The lowest BCUT2D eigenvalue weighted by Gasteiger charge is -2.14. The minimum Gasteiger partial charge on any atom is -0.497 e. The van der Waals surface area contributed by atoms with Gasteiger partial charge in [0.1, 0.15) is 5.75 Å². The summed E-state index contributed by atoms with van der Waals surface area (Å²) in [6, 6.07) is 14.2. The molecule has 2 aromatic carbocycles. The fraction of sp³-hybridized carbons (Fsp3) is 0.571. The predicted octanol–water partition coefficient (Wildman–Crippen LogP) is 9.73. The van der Waals surface area contributed by atoms with Gasteiger partial charge in [-0.1, -0.05) is 95.6 Å². The third kappa shape index (κ3) is 11.0. The van der Waals surface area contributed by atoms with Crippen LogP contribution in [0.15, 0.2) is 42.5 Å². The number of methoxy groups -OCH3 is 1. The molecule has 172 valence electrons. The monoisotopic (exact) mass is 443 g/mol. The molecular formula is C28H42ClNO. The molecule has 0 saturated carbocycles. The maximum atomic E-state index is 6.01. The number of hydrogen-bond donors (Lipinski definition) is 1. The van der Waals surface area contributed by atoms with E-state index >= 15 is 0 Å². The van der Waals surface area contributed by atoms with E-state index in [4.69, 9.17) is 16.3 Å². The Morgan fingerprint density at radius 3 is 1.81 bits per heavy atom. The van der Waals surface area contributed by atoms with Crippen LogP contribution in [0.5, 0.6) is 5.75 Å². The third-order valence-electron chi connectivity index (χ3n) is 5.99. The van der Waals surface area contributed by atoms with Gasteiger partial charge < -0.3 is 10.1 Å². The molecule has 31 heavy (non-hydrogen) atoms. The second-order valence-electron chi connectivity index (χ2n) is 8.65. The molecular weight excluding hydrogens is 402 g/mol. The van der Waals surface area contributed by atoms with Crippen LogP contribution in [0.4, 0.5) is 11.4 Å². The van der Waals surface area contributed by atoms with Crippen molar-refractivity contribution in [2.45, 2.75) is 96.8 Å². The van der Waals surface area contributed by atoms with E-state index in [2.05, 4.69) is 24.4 Å². The van der Waals surface area contributed by atoms with Crippen molar-refractivity contribution in [2.75, 3.05) is 12.4 Å². The second-order valence-corrected chi connectivity index (χ2v) is 9.08. The Morgan fingerprint density at radius 2 is 1.26 bits per heavy atom. The Morgan fingerprint density at radius 1 is 0.710 bits per heavy atom. The van der Waals surface area contributed by atoms with Crippen LogP contribution in [0.2, 0.25) is 5.02 Å². The highest BCUT2D eigenvalue weighted by atomic mass is 35.5. The van der Waals surface area contributed by atoms with E-state index in [9.17, 15) is 0 Å². The molecule has 0 heterocycles. The van der Waals surface area contributed by atoms with Gasteiger partial charge in [0.05, 0.1) is 7.11 Å². The summed E-state index contributed by atoms with van der Waals surface area (Å²) in [5, 5.41) is 4.29. The summed E-state index contributed by atoms with van der Waals surface area (Å²) < 4.78 is 5.45. The summed E-state index contributed by atoms with van der Waals surface area (Å²) in [5.74, 6) is 0.923. The maximum absolute atomic E-state index is 6.01. The van der Waals surface area contributed by atoms with Crippen molar-refractivity contribution in [3.05, 3.63) is 53.1 Å². The molecule has 2 aromatic rings. The SMILES string of the molecule is CCCCCCCCCCCCCCCc1cc(OC)ccc1Nc1ccc(Cl)cc1. The van der Waals surface area contributed by atoms with Gasteiger partial charge in [-0.25, -0.2) is 0 Å². The van der Waals surface area contributed by atoms with Gasteiger partial charge in [0, 0.05) is 16.4 Å². The first-order valence-corrected chi connectivity index (χ1v) is 12.8. The van der Waals surface area contributed by atoms with Crippen LogP contribution >= 0.6 is 11.6 Å². The van der Waals surface area contributed by atoms with E-state index in [0.717, 1.165) is 28.6 Å². The number of unbranched alkanes of at least 4 members (excludes halogenated alkanes) is 12. The number of aryl methyl sites for hydroxylation is 1. The average Bonchev–Trinajstić information content (AvgIpc) is 2.79. The fourth-order valence-corrected chi connectivity index (χ4v) is 4.17. The molecule has 0 atom stereocenters.